The van der Waals surface area contributed by atoms with E-state index >= 15 is 0 Å². The largest absolute Gasteiger partial charge is 0.469 e. The van der Waals surface area contributed by atoms with Gasteiger partial charge in [-0.25, -0.2) is 0 Å². The zero-order valence-corrected chi connectivity index (χ0v) is 16.4. The van der Waals surface area contributed by atoms with Crippen LogP contribution in [0.2, 0.25) is 0 Å². The molecule has 0 N–H and O–H groups in total. The third-order valence-corrected chi connectivity index (χ3v) is 4.35. The molecule has 0 saturated heterocycles. The van der Waals surface area contributed by atoms with Gasteiger partial charge in [0.2, 0.25) is 0 Å². The Bertz CT molecular complexity index is 778. The normalized spacial score (nSPS) is 11.1. The molecule has 0 aliphatic rings. The molecule has 0 atom stereocenters. The second-order valence-electron chi connectivity index (χ2n) is 6.87. The number of carbonyl (C=O) groups is 2. The number of benzene rings is 1. The van der Waals surface area contributed by atoms with E-state index in [-0.39, 0.29) is 11.8 Å². The number of hydrogen-bond acceptors (Lipinski definition) is 4. The molecule has 4 nitrogen and oxygen atoms in total. The Balaban J connectivity index is 1.76. The van der Waals surface area contributed by atoms with Crippen molar-refractivity contribution in [2.24, 2.45) is 0 Å². The molecule has 0 spiro atoms. The molecule has 2 aromatic rings. The van der Waals surface area contributed by atoms with Crippen LogP contribution in [0.15, 0.2) is 40.8 Å². The van der Waals surface area contributed by atoms with E-state index in [2.05, 4.69) is 36.8 Å². The predicted octanol–water partition coefficient (Wildman–Crippen LogP) is 5.66. The van der Waals surface area contributed by atoms with Crippen molar-refractivity contribution in [3.8, 4) is 11.3 Å². The molecule has 0 saturated carbocycles. The molecule has 1 aromatic carbocycles. The van der Waals surface area contributed by atoms with Gasteiger partial charge in [0.1, 0.15) is 11.5 Å². The SMILES string of the molecule is COC(=O)CCCCCCC(=O)/C=C/c1ccc(-c2cc(C)cc(C)c2)o1. The monoisotopic (exact) mass is 368 g/mol. The summed E-state index contributed by atoms with van der Waals surface area (Å²) in [6.45, 7) is 4.13. The van der Waals surface area contributed by atoms with Gasteiger partial charge in [-0.15, -0.1) is 0 Å². The van der Waals surface area contributed by atoms with Crippen LogP contribution in [0.1, 0.15) is 55.4 Å². The van der Waals surface area contributed by atoms with Crippen LogP contribution in [0.5, 0.6) is 0 Å². The van der Waals surface area contributed by atoms with Gasteiger partial charge in [0.05, 0.1) is 7.11 Å². The Labute approximate surface area is 161 Å². The molecule has 144 valence electrons. The van der Waals surface area contributed by atoms with E-state index in [4.69, 9.17) is 4.42 Å². The van der Waals surface area contributed by atoms with E-state index in [9.17, 15) is 9.59 Å². The minimum absolute atomic E-state index is 0.0901. The molecule has 1 heterocycles. The van der Waals surface area contributed by atoms with Gasteiger partial charge >= 0.3 is 5.97 Å². The standard InChI is InChI=1S/C23H28O4/c1-17-14-18(2)16-19(15-17)22-13-12-21(27-22)11-10-20(24)8-6-4-5-7-9-23(25)26-3/h10-16H,4-9H2,1-3H3/b11-10+. The van der Waals surface area contributed by atoms with Crippen LogP contribution in [-0.4, -0.2) is 18.9 Å². The summed E-state index contributed by atoms with van der Waals surface area (Å²) in [4.78, 5) is 23.0. The van der Waals surface area contributed by atoms with Crippen molar-refractivity contribution in [3.63, 3.8) is 0 Å². The predicted molar refractivity (Wildman–Crippen MR) is 107 cm³/mol. The first-order valence-electron chi connectivity index (χ1n) is 9.44. The highest BCUT2D eigenvalue weighted by Crippen LogP contribution is 2.25. The number of aryl methyl sites for hydroxylation is 2. The fourth-order valence-electron chi connectivity index (χ4n) is 3.00. The van der Waals surface area contributed by atoms with Gasteiger partial charge in [-0.2, -0.15) is 0 Å². The Morgan fingerprint density at radius 3 is 2.30 bits per heavy atom. The molecular weight excluding hydrogens is 340 g/mol. The lowest BCUT2D eigenvalue weighted by Gasteiger charge is -2.01. The quantitative estimate of drug-likeness (QED) is 0.308. The summed E-state index contributed by atoms with van der Waals surface area (Å²) >= 11 is 0. The summed E-state index contributed by atoms with van der Waals surface area (Å²) in [5.41, 5.74) is 3.44. The molecule has 0 amide bonds. The first-order valence-corrected chi connectivity index (χ1v) is 9.44. The zero-order chi connectivity index (χ0) is 19.6. The summed E-state index contributed by atoms with van der Waals surface area (Å²) in [6.07, 6.45) is 7.79. The van der Waals surface area contributed by atoms with Crippen LogP contribution in [0.25, 0.3) is 17.4 Å². The van der Waals surface area contributed by atoms with Crippen molar-refractivity contribution in [1.82, 2.24) is 0 Å². The average molecular weight is 368 g/mol. The third kappa shape index (κ3) is 7.26. The Morgan fingerprint density at radius 1 is 0.963 bits per heavy atom. The van der Waals surface area contributed by atoms with E-state index in [0.29, 0.717) is 18.6 Å². The van der Waals surface area contributed by atoms with E-state index in [0.717, 1.165) is 37.0 Å². The molecule has 0 bridgehead atoms. The molecule has 0 unspecified atom stereocenters. The number of rotatable bonds is 10. The molecule has 1 aromatic heterocycles. The van der Waals surface area contributed by atoms with E-state index in [1.165, 1.54) is 18.2 Å². The van der Waals surface area contributed by atoms with Crippen LogP contribution in [0.3, 0.4) is 0 Å². The highest BCUT2D eigenvalue weighted by Gasteiger charge is 2.05. The smallest absolute Gasteiger partial charge is 0.305 e. The third-order valence-electron chi connectivity index (χ3n) is 4.35. The van der Waals surface area contributed by atoms with Crippen molar-refractivity contribution in [1.29, 1.82) is 0 Å². The van der Waals surface area contributed by atoms with Gasteiger partial charge in [-0.3, -0.25) is 9.59 Å². The lowest BCUT2D eigenvalue weighted by atomic mass is 10.1. The summed E-state index contributed by atoms with van der Waals surface area (Å²) in [7, 11) is 1.40. The van der Waals surface area contributed by atoms with Crippen molar-refractivity contribution in [2.75, 3.05) is 7.11 Å². The fourth-order valence-corrected chi connectivity index (χ4v) is 3.00. The van der Waals surface area contributed by atoms with Gasteiger partial charge in [0.25, 0.3) is 0 Å². The van der Waals surface area contributed by atoms with Crippen LogP contribution in [0.4, 0.5) is 0 Å². The maximum atomic E-state index is 12.0. The number of ether oxygens (including phenoxy) is 1. The lowest BCUT2D eigenvalue weighted by Crippen LogP contribution is -1.99. The molecular formula is C23H28O4. The first kappa shape index (κ1) is 20.7. The maximum Gasteiger partial charge on any atom is 0.305 e. The highest BCUT2D eigenvalue weighted by molar-refractivity contribution is 5.93. The Hall–Kier alpha value is -2.62. The highest BCUT2D eigenvalue weighted by atomic mass is 16.5. The maximum absolute atomic E-state index is 12.0. The Kier molecular flexibility index (Phi) is 8.05. The molecule has 27 heavy (non-hydrogen) atoms. The molecule has 0 aliphatic heterocycles. The van der Waals surface area contributed by atoms with Crippen LogP contribution in [-0.2, 0) is 14.3 Å². The van der Waals surface area contributed by atoms with Gasteiger partial charge in [-0.1, -0.05) is 30.0 Å². The zero-order valence-electron chi connectivity index (χ0n) is 16.4. The second-order valence-corrected chi connectivity index (χ2v) is 6.87. The number of esters is 1. The molecule has 2 rings (SSSR count). The van der Waals surface area contributed by atoms with E-state index in [1.54, 1.807) is 12.2 Å². The number of allylic oxidation sites excluding steroid dienone is 1. The minimum Gasteiger partial charge on any atom is -0.469 e. The van der Waals surface area contributed by atoms with E-state index < -0.39 is 0 Å². The lowest BCUT2D eigenvalue weighted by molar-refractivity contribution is -0.140. The number of methoxy groups -OCH3 is 1. The molecule has 0 radical (unpaired) electrons. The summed E-state index contributed by atoms with van der Waals surface area (Å²) in [6, 6.07) is 10.1. The Morgan fingerprint density at radius 2 is 1.63 bits per heavy atom. The molecule has 0 fully saturated rings. The van der Waals surface area contributed by atoms with Crippen LogP contribution in [0, 0.1) is 13.8 Å². The van der Waals surface area contributed by atoms with Crippen molar-refractivity contribution in [3.05, 3.63) is 53.3 Å². The molecule has 0 aliphatic carbocycles. The summed E-state index contributed by atoms with van der Waals surface area (Å²) in [5.74, 6) is 1.40. The number of hydrogen-bond donors (Lipinski definition) is 0. The van der Waals surface area contributed by atoms with Crippen LogP contribution < -0.4 is 0 Å². The number of furan rings is 1. The first-order chi connectivity index (χ1) is 13.0. The fraction of sp³-hybridized carbons (Fsp3) is 0.391. The molecule has 4 heteroatoms. The van der Waals surface area contributed by atoms with Crippen molar-refractivity contribution < 1.29 is 18.7 Å². The van der Waals surface area contributed by atoms with Gasteiger partial charge in [-0.05, 0) is 63.1 Å². The summed E-state index contributed by atoms with van der Waals surface area (Å²) in [5, 5.41) is 0. The summed E-state index contributed by atoms with van der Waals surface area (Å²) < 4.78 is 10.4. The van der Waals surface area contributed by atoms with E-state index in [1.807, 2.05) is 12.1 Å². The van der Waals surface area contributed by atoms with Crippen LogP contribution >= 0.6 is 0 Å². The number of carbonyl (C=O) groups excluding carboxylic acids is 2. The topological polar surface area (TPSA) is 56.5 Å². The van der Waals surface area contributed by atoms with Gasteiger partial charge in [0.15, 0.2) is 5.78 Å². The second kappa shape index (κ2) is 10.5. The van der Waals surface area contributed by atoms with Gasteiger partial charge in [0, 0.05) is 18.4 Å². The number of unbranched alkanes of at least 4 members (excludes halogenated alkanes) is 3. The van der Waals surface area contributed by atoms with Crippen molar-refractivity contribution in [2.45, 2.75) is 52.4 Å². The minimum atomic E-state index is -0.173. The average Bonchev–Trinajstić information content (AvgIpc) is 3.11. The van der Waals surface area contributed by atoms with Gasteiger partial charge < -0.3 is 9.15 Å². The van der Waals surface area contributed by atoms with Crippen molar-refractivity contribution >= 4 is 17.8 Å². The number of ketones is 1.